The van der Waals surface area contributed by atoms with Crippen molar-refractivity contribution in [3.63, 3.8) is 0 Å². The van der Waals surface area contributed by atoms with E-state index in [0.29, 0.717) is 18.1 Å². The fourth-order valence-corrected chi connectivity index (χ4v) is 3.94. The third-order valence-electron chi connectivity index (χ3n) is 5.84. The molecule has 27 heavy (non-hydrogen) atoms. The number of carboxylic acid groups (broad SMARTS) is 2. The van der Waals surface area contributed by atoms with Gasteiger partial charge in [0.15, 0.2) is 0 Å². The van der Waals surface area contributed by atoms with Gasteiger partial charge in [0, 0.05) is 6.61 Å². The van der Waals surface area contributed by atoms with Crippen molar-refractivity contribution >= 4 is 11.9 Å². The Kier molecular flexibility index (Phi) is 8.97. The normalized spacial score (nSPS) is 22.3. The lowest BCUT2D eigenvalue weighted by Gasteiger charge is -2.39. The van der Waals surface area contributed by atoms with Crippen molar-refractivity contribution in [1.82, 2.24) is 0 Å². The zero-order valence-electron chi connectivity index (χ0n) is 17.1. The predicted molar refractivity (Wildman–Crippen MR) is 106 cm³/mol. The molecular weight excluding hydrogens is 344 g/mol. The zero-order valence-corrected chi connectivity index (χ0v) is 17.1. The van der Waals surface area contributed by atoms with Crippen LogP contribution < -0.4 is 0 Å². The third-order valence-corrected chi connectivity index (χ3v) is 5.84. The van der Waals surface area contributed by atoms with Crippen LogP contribution in [0.15, 0.2) is 18.2 Å². The molecule has 0 aliphatic heterocycles. The molecule has 2 rings (SSSR count). The quantitative estimate of drug-likeness (QED) is 0.689. The van der Waals surface area contributed by atoms with E-state index in [9.17, 15) is 14.7 Å². The number of aliphatic hydroxyl groups excluding tert-OH is 1. The molecule has 152 valence electrons. The van der Waals surface area contributed by atoms with Gasteiger partial charge in [-0.25, -0.2) is 9.59 Å². The van der Waals surface area contributed by atoms with Crippen molar-refractivity contribution in [2.45, 2.75) is 53.9 Å². The second-order valence-electron chi connectivity index (χ2n) is 8.31. The first-order chi connectivity index (χ1) is 12.6. The van der Waals surface area contributed by atoms with E-state index in [1.165, 1.54) is 31.4 Å². The summed E-state index contributed by atoms with van der Waals surface area (Å²) < 4.78 is 0. The highest BCUT2D eigenvalue weighted by molar-refractivity contribution is 5.94. The molecule has 3 unspecified atom stereocenters. The van der Waals surface area contributed by atoms with Gasteiger partial charge in [0.05, 0.1) is 11.1 Å². The summed E-state index contributed by atoms with van der Waals surface area (Å²) >= 11 is 0. The monoisotopic (exact) mass is 378 g/mol. The van der Waals surface area contributed by atoms with Crippen LogP contribution >= 0.6 is 0 Å². The molecule has 1 aliphatic carbocycles. The highest BCUT2D eigenvalue weighted by Gasteiger charge is 2.32. The summed E-state index contributed by atoms with van der Waals surface area (Å²) in [5, 5.41) is 26.6. The molecule has 0 bridgehead atoms. The highest BCUT2D eigenvalue weighted by atomic mass is 16.4. The van der Waals surface area contributed by atoms with Gasteiger partial charge < -0.3 is 15.3 Å². The van der Waals surface area contributed by atoms with Crippen LogP contribution in [0.4, 0.5) is 0 Å². The summed E-state index contributed by atoms with van der Waals surface area (Å²) in [6.45, 7) is 11.3. The smallest absolute Gasteiger partial charge is 0.335 e. The van der Waals surface area contributed by atoms with E-state index in [1.54, 1.807) is 6.92 Å². The van der Waals surface area contributed by atoms with E-state index < -0.39 is 11.9 Å². The van der Waals surface area contributed by atoms with Crippen molar-refractivity contribution in [3.05, 3.63) is 34.9 Å². The zero-order chi connectivity index (χ0) is 20.7. The van der Waals surface area contributed by atoms with Crippen molar-refractivity contribution in [3.8, 4) is 0 Å². The van der Waals surface area contributed by atoms with E-state index in [-0.39, 0.29) is 11.1 Å². The van der Waals surface area contributed by atoms with E-state index >= 15 is 0 Å². The number of carbonyl (C=O) groups is 2. The number of aliphatic hydroxyl groups is 1. The fourth-order valence-electron chi connectivity index (χ4n) is 3.94. The molecule has 1 saturated carbocycles. The summed E-state index contributed by atoms with van der Waals surface area (Å²) in [6.07, 6.45) is 3.90. The number of carboxylic acids is 2. The number of aromatic carboxylic acids is 2. The molecule has 1 aliphatic rings. The van der Waals surface area contributed by atoms with Crippen LogP contribution in [-0.4, -0.2) is 33.9 Å². The van der Waals surface area contributed by atoms with Crippen LogP contribution in [0.2, 0.25) is 0 Å². The van der Waals surface area contributed by atoms with Gasteiger partial charge in [-0.1, -0.05) is 33.8 Å². The second kappa shape index (κ2) is 10.5. The van der Waals surface area contributed by atoms with Gasteiger partial charge in [-0.05, 0) is 73.5 Å². The molecule has 3 N–H and O–H groups in total. The van der Waals surface area contributed by atoms with Crippen LogP contribution in [0.25, 0.3) is 0 Å². The predicted octanol–water partition coefficient (Wildman–Crippen LogP) is 4.71. The van der Waals surface area contributed by atoms with Gasteiger partial charge in [0.25, 0.3) is 0 Å². The summed E-state index contributed by atoms with van der Waals surface area (Å²) in [4.78, 5) is 21.1. The average Bonchev–Trinajstić information content (AvgIpc) is 2.61. The Morgan fingerprint density at radius 2 is 1.67 bits per heavy atom. The summed E-state index contributed by atoms with van der Waals surface area (Å²) in [5.74, 6) is 1.53. The van der Waals surface area contributed by atoms with Gasteiger partial charge in [0.1, 0.15) is 0 Å². The SMILES string of the molecule is CC(C)C1CCC(CO)C(C(C)C)C1.Cc1ccc(C(=O)O)cc1C(=O)O. The van der Waals surface area contributed by atoms with E-state index in [1.807, 2.05) is 0 Å². The number of hydrogen-bond donors (Lipinski definition) is 3. The van der Waals surface area contributed by atoms with Gasteiger partial charge in [-0.15, -0.1) is 0 Å². The number of rotatable bonds is 5. The van der Waals surface area contributed by atoms with Crippen LogP contribution in [-0.2, 0) is 0 Å². The average molecular weight is 379 g/mol. The molecule has 0 saturated heterocycles. The van der Waals surface area contributed by atoms with Crippen LogP contribution in [0.1, 0.15) is 73.2 Å². The van der Waals surface area contributed by atoms with Gasteiger partial charge in [-0.3, -0.25) is 0 Å². The molecule has 3 atom stereocenters. The van der Waals surface area contributed by atoms with E-state index in [2.05, 4.69) is 27.7 Å². The molecule has 0 aromatic heterocycles. The Morgan fingerprint density at radius 3 is 2.11 bits per heavy atom. The van der Waals surface area contributed by atoms with E-state index in [4.69, 9.17) is 10.2 Å². The number of benzene rings is 1. The Morgan fingerprint density at radius 1 is 1.04 bits per heavy atom. The largest absolute Gasteiger partial charge is 0.478 e. The molecule has 0 radical (unpaired) electrons. The molecule has 5 heteroatoms. The summed E-state index contributed by atoms with van der Waals surface area (Å²) in [6, 6.07) is 4.01. The van der Waals surface area contributed by atoms with Crippen molar-refractivity contribution in [2.24, 2.45) is 29.6 Å². The van der Waals surface area contributed by atoms with Gasteiger partial charge in [-0.2, -0.15) is 0 Å². The van der Waals surface area contributed by atoms with Crippen molar-refractivity contribution in [2.75, 3.05) is 6.61 Å². The minimum absolute atomic E-state index is 0.0111. The van der Waals surface area contributed by atoms with Gasteiger partial charge in [0.2, 0.25) is 0 Å². The molecule has 1 aromatic carbocycles. The first kappa shape index (κ1) is 23.2. The topological polar surface area (TPSA) is 94.8 Å². The lowest BCUT2D eigenvalue weighted by atomic mass is 9.67. The maximum Gasteiger partial charge on any atom is 0.335 e. The Bertz CT molecular complexity index is 636. The molecule has 1 fully saturated rings. The van der Waals surface area contributed by atoms with Crippen LogP contribution in [0, 0.1) is 36.5 Å². The fraction of sp³-hybridized carbons (Fsp3) is 0.636. The number of aryl methyl sites for hydroxylation is 1. The molecule has 1 aromatic rings. The first-order valence-corrected chi connectivity index (χ1v) is 9.76. The standard InChI is InChI=1S/C13H26O.C9H8O4/c1-9(2)11-5-6-12(8-14)13(7-11)10(3)4;1-5-2-3-6(8(10)11)4-7(5)9(12)13/h9-14H,5-8H2,1-4H3;2-4H,1H3,(H,10,11)(H,12,13). The molecular formula is C22H34O5. The number of hydrogen-bond acceptors (Lipinski definition) is 3. The lowest BCUT2D eigenvalue weighted by molar-refractivity contribution is 0.0659. The Labute approximate surface area is 162 Å². The van der Waals surface area contributed by atoms with E-state index in [0.717, 1.165) is 29.7 Å². The minimum atomic E-state index is -1.12. The van der Waals surface area contributed by atoms with Crippen molar-refractivity contribution in [1.29, 1.82) is 0 Å². The van der Waals surface area contributed by atoms with Crippen LogP contribution in [0.5, 0.6) is 0 Å². The van der Waals surface area contributed by atoms with Crippen molar-refractivity contribution < 1.29 is 24.9 Å². The minimum Gasteiger partial charge on any atom is -0.478 e. The highest BCUT2D eigenvalue weighted by Crippen LogP contribution is 2.40. The molecule has 0 spiro atoms. The molecule has 0 heterocycles. The summed E-state index contributed by atoms with van der Waals surface area (Å²) in [7, 11) is 0. The lowest BCUT2D eigenvalue weighted by Crippen LogP contribution is -2.32. The molecule has 5 nitrogen and oxygen atoms in total. The maximum atomic E-state index is 10.6. The first-order valence-electron chi connectivity index (χ1n) is 9.76. The molecule has 0 amide bonds. The van der Waals surface area contributed by atoms with Crippen LogP contribution in [0.3, 0.4) is 0 Å². The third kappa shape index (κ3) is 6.65. The Hall–Kier alpha value is -1.88. The second-order valence-corrected chi connectivity index (χ2v) is 8.31. The maximum absolute atomic E-state index is 10.6. The van der Waals surface area contributed by atoms with Gasteiger partial charge >= 0.3 is 11.9 Å². The Balaban J connectivity index is 0.000000271. The summed E-state index contributed by atoms with van der Waals surface area (Å²) in [5.41, 5.74) is 0.570.